The van der Waals surface area contributed by atoms with Crippen LogP contribution in [0.1, 0.15) is 12.5 Å². The van der Waals surface area contributed by atoms with Crippen LogP contribution in [-0.2, 0) is 11.3 Å². The second-order valence-corrected chi connectivity index (χ2v) is 3.79. The van der Waals surface area contributed by atoms with E-state index in [0.29, 0.717) is 19.8 Å². The van der Waals surface area contributed by atoms with Gasteiger partial charge in [-0.25, -0.2) is 0 Å². The van der Waals surface area contributed by atoms with Crippen molar-refractivity contribution in [3.63, 3.8) is 0 Å². The van der Waals surface area contributed by atoms with Gasteiger partial charge in [0.15, 0.2) is 0 Å². The van der Waals surface area contributed by atoms with Gasteiger partial charge in [0.05, 0.1) is 19.8 Å². The average Bonchev–Trinajstić information content (AvgIpc) is 2.37. The van der Waals surface area contributed by atoms with Crippen LogP contribution in [-0.4, -0.2) is 38.1 Å². The number of ether oxygens (including phenoxy) is 2. The van der Waals surface area contributed by atoms with Crippen LogP contribution in [0.4, 0.5) is 0 Å². The van der Waals surface area contributed by atoms with Gasteiger partial charge >= 0.3 is 0 Å². The monoisotopic (exact) mass is 239 g/mol. The summed E-state index contributed by atoms with van der Waals surface area (Å²) >= 11 is 0. The van der Waals surface area contributed by atoms with Crippen LogP contribution < -0.4 is 10.1 Å². The maximum atomic E-state index is 9.53. The average molecular weight is 239 g/mol. The van der Waals surface area contributed by atoms with Gasteiger partial charge in [-0.1, -0.05) is 12.1 Å². The quantitative estimate of drug-likeness (QED) is 0.715. The van der Waals surface area contributed by atoms with Gasteiger partial charge in [-0.15, -0.1) is 0 Å². The highest BCUT2D eigenvalue weighted by Gasteiger charge is 2.02. The number of nitrogens with one attached hydrogen (secondary N) is 1. The molecule has 1 rings (SSSR count). The zero-order valence-corrected chi connectivity index (χ0v) is 10.5. The first kappa shape index (κ1) is 14.0. The van der Waals surface area contributed by atoms with Crippen molar-refractivity contribution in [2.45, 2.75) is 19.6 Å². The largest absolute Gasteiger partial charge is 0.497 e. The number of aliphatic hydroxyl groups is 1. The Hall–Kier alpha value is -1.10. The molecule has 0 amide bonds. The van der Waals surface area contributed by atoms with E-state index in [2.05, 4.69) is 5.32 Å². The Morgan fingerprint density at radius 1 is 1.29 bits per heavy atom. The second kappa shape index (κ2) is 8.06. The maximum absolute atomic E-state index is 9.53. The molecule has 0 aliphatic rings. The molecule has 17 heavy (non-hydrogen) atoms. The first-order valence-corrected chi connectivity index (χ1v) is 5.85. The van der Waals surface area contributed by atoms with Crippen molar-refractivity contribution in [2.24, 2.45) is 0 Å². The molecule has 0 aromatic heterocycles. The molecule has 0 saturated carbocycles. The molecule has 0 aliphatic heterocycles. The van der Waals surface area contributed by atoms with Crippen LogP contribution in [0.15, 0.2) is 24.3 Å². The standard InChI is InChI=1S/C13H21NO3/c1-3-17-10-12(15)9-14-8-11-4-6-13(16-2)7-5-11/h4-7,12,14-15H,3,8-10H2,1-2H3. The predicted molar refractivity (Wildman–Crippen MR) is 67.2 cm³/mol. The number of methoxy groups -OCH3 is 1. The molecule has 0 fully saturated rings. The fourth-order valence-corrected chi connectivity index (χ4v) is 1.44. The van der Waals surface area contributed by atoms with Crippen molar-refractivity contribution in [1.29, 1.82) is 0 Å². The minimum absolute atomic E-state index is 0.381. The third-order valence-electron chi connectivity index (χ3n) is 2.38. The number of aliphatic hydroxyl groups excluding tert-OH is 1. The molecule has 0 aliphatic carbocycles. The molecule has 2 N–H and O–H groups in total. The van der Waals surface area contributed by atoms with Gasteiger partial charge < -0.3 is 19.9 Å². The Morgan fingerprint density at radius 3 is 2.59 bits per heavy atom. The molecule has 1 aromatic carbocycles. The summed E-state index contributed by atoms with van der Waals surface area (Å²) in [7, 11) is 1.65. The molecule has 1 unspecified atom stereocenters. The summed E-state index contributed by atoms with van der Waals surface area (Å²) < 4.78 is 10.2. The molecule has 1 aromatic rings. The van der Waals surface area contributed by atoms with E-state index in [-0.39, 0.29) is 0 Å². The van der Waals surface area contributed by atoms with Gasteiger partial charge in [-0.05, 0) is 24.6 Å². The fourth-order valence-electron chi connectivity index (χ4n) is 1.44. The summed E-state index contributed by atoms with van der Waals surface area (Å²) in [4.78, 5) is 0. The van der Waals surface area contributed by atoms with Crippen LogP contribution in [0, 0.1) is 0 Å². The summed E-state index contributed by atoms with van der Waals surface area (Å²) in [5, 5.41) is 12.7. The number of rotatable bonds is 8. The van der Waals surface area contributed by atoms with E-state index in [1.54, 1.807) is 7.11 Å². The van der Waals surface area contributed by atoms with Crippen LogP contribution >= 0.6 is 0 Å². The van der Waals surface area contributed by atoms with Gasteiger partial charge in [0, 0.05) is 19.7 Å². The van der Waals surface area contributed by atoms with E-state index in [4.69, 9.17) is 9.47 Å². The van der Waals surface area contributed by atoms with Crippen molar-refractivity contribution in [2.75, 3.05) is 26.9 Å². The first-order valence-electron chi connectivity index (χ1n) is 5.85. The third kappa shape index (κ3) is 5.68. The van der Waals surface area contributed by atoms with Crippen molar-refractivity contribution in [3.05, 3.63) is 29.8 Å². The van der Waals surface area contributed by atoms with Crippen LogP contribution in [0.3, 0.4) is 0 Å². The molecule has 0 bridgehead atoms. The SMILES string of the molecule is CCOCC(O)CNCc1ccc(OC)cc1. The molecule has 1 atom stereocenters. The molecule has 96 valence electrons. The molecule has 0 saturated heterocycles. The highest BCUT2D eigenvalue weighted by molar-refractivity contribution is 5.26. The van der Waals surface area contributed by atoms with Gasteiger partial charge in [0.2, 0.25) is 0 Å². The summed E-state index contributed by atoms with van der Waals surface area (Å²) in [6.45, 7) is 4.19. The molecule has 0 heterocycles. The van der Waals surface area contributed by atoms with Crippen molar-refractivity contribution in [3.8, 4) is 5.75 Å². The fraction of sp³-hybridized carbons (Fsp3) is 0.538. The lowest BCUT2D eigenvalue weighted by Gasteiger charge is -2.11. The zero-order chi connectivity index (χ0) is 12.5. The van der Waals surface area contributed by atoms with Gasteiger partial charge in [-0.3, -0.25) is 0 Å². The predicted octanol–water partition coefficient (Wildman–Crippen LogP) is 1.18. The van der Waals surface area contributed by atoms with Gasteiger partial charge in [0.25, 0.3) is 0 Å². The van der Waals surface area contributed by atoms with Crippen molar-refractivity contribution >= 4 is 0 Å². The number of hydrogen-bond acceptors (Lipinski definition) is 4. The summed E-state index contributed by atoms with van der Waals surface area (Å²) in [6, 6.07) is 7.85. The lowest BCUT2D eigenvalue weighted by Crippen LogP contribution is -2.30. The Morgan fingerprint density at radius 2 is 2.00 bits per heavy atom. The molecule has 0 radical (unpaired) electrons. The molecule has 4 heteroatoms. The smallest absolute Gasteiger partial charge is 0.118 e. The van der Waals surface area contributed by atoms with E-state index >= 15 is 0 Å². The Kier molecular flexibility index (Phi) is 6.62. The highest BCUT2D eigenvalue weighted by Crippen LogP contribution is 2.10. The minimum atomic E-state index is -0.451. The van der Waals surface area contributed by atoms with E-state index in [0.717, 1.165) is 17.9 Å². The van der Waals surface area contributed by atoms with Gasteiger partial charge in [0.1, 0.15) is 5.75 Å². The van der Waals surface area contributed by atoms with E-state index in [1.807, 2.05) is 31.2 Å². The zero-order valence-electron chi connectivity index (χ0n) is 10.5. The van der Waals surface area contributed by atoms with Gasteiger partial charge in [-0.2, -0.15) is 0 Å². The van der Waals surface area contributed by atoms with Crippen molar-refractivity contribution < 1.29 is 14.6 Å². The highest BCUT2D eigenvalue weighted by atomic mass is 16.5. The Bertz CT molecular complexity index is 300. The Balaban J connectivity index is 2.21. The normalized spacial score (nSPS) is 12.4. The lowest BCUT2D eigenvalue weighted by molar-refractivity contribution is 0.0427. The lowest BCUT2D eigenvalue weighted by atomic mass is 10.2. The number of benzene rings is 1. The summed E-state index contributed by atoms with van der Waals surface area (Å²) in [6.07, 6.45) is -0.451. The topological polar surface area (TPSA) is 50.7 Å². The minimum Gasteiger partial charge on any atom is -0.497 e. The van der Waals surface area contributed by atoms with Crippen molar-refractivity contribution in [1.82, 2.24) is 5.32 Å². The molecule has 0 spiro atoms. The molecular formula is C13H21NO3. The van der Waals surface area contributed by atoms with E-state index in [9.17, 15) is 5.11 Å². The van der Waals surface area contributed by atoms with Crippen LogP contribution in [0.2, 0.25) is 0 Å². The van der Waals surface area contributed by atoms with Crippen LogP contribution in [0.5, 0.6) is 5.75 Å². The first-order chi connectivity index (χ1) is 8.26. The molecular weight excluding hydrogens is 218 g/mol. The summed E-state index contributed by atoms with van der Waals surface area (Å²) in [5.41, 5.74) is 1.16. The summed E-state index contributed by atoms with van der Waals surface area (Å²) in [5.74, 6) is 0.852. The molecule has 4 nitrogen and oxygen atoms in total. The van der Waals surface area contributed by atoms with E-state index in [1.165, 1.54) is 0 Å². The maximum Gasteiger partial charge on any atom is 0.118 e. The third-order valence-corrected chi connectivity index (χ3v) is 2.38. The van der Waals surface area contributed by atoms with Crippen LogP contribution in [0.25, 0.3) is 0 Å². The number of hydrogen-bond donors (Lipinski definition) is 2. The Labute approximate surface area is 103 Å². The van der Waals surface area contributed by atoms with E-state index < -0.39 is 6.10 Å². The second-order valence-electron chi connectivity index (χ2n) is 3.79.